The van der Waals surface area contributed by atoms with Crippen LogP contribution in [-0.2, 0) is 5.41 Å². The van der Waals surface area contributed by atoms with Gasteiger partial charge in [0.1, 0.15) is 5.58 Å². The maximum absolute atomic E-state index is 6.30. The van der Waals surface area contributed by atoms with Crippen molar-refractivity contribution >= 4 is 39.0 Å². The van der Waals surface area contributed by atoms with Crippen molar-refractivity contribution in [2.45, 2.75) is 5.41 Å². The quantitative estimate of drug-likeness (QED) is 0.164. The summed E-state index contributed by atoms with van der Waals surface area (Å²) in [5, 5.41) is 2.15. The highest BCUT2D eigenvalue weighted by atomic mass is 16.3. The van der Waals surface area contributed by atoms with E-state index < -0.39 is 5.41 Å². The maximum atomic E-state index is 6.30. The van der Waals surface area contributed by atoms with Crippen molar-refractivity contribution < 1.29 is 4.42 Å². The number of anilines is 3. The molecule has 8 aromatic carbocycles. The molecule has 1 aliphatic rings. The smallest absolute Gasteiger partial charge is 0.153 e. The molecule has 0 saturated carbocycles. The lowest BCUT2D eigenvalue weighted by molar-refractivity contribution is 0.666. The van der Waals surface area contributed by atoms with Crippen molar-refractivity contribution in [1.82, 2.24) is 4.98 Å². The number of hydrogen-bond acceptors (Lipinski definition) is 3. The van der Waals surface area contributed by atoms with Crippen LogP contribution in [0.2, 0.25) is 0 Å². The van der Waals surface area contributed by atoms with Crippen molar-refractivity contribution in [3.8, 4) is 33.4 Å². The molecule has 0 radical (unpaired) electrons. The maximum Gasteiger partial charge on any atom is 0.153 e. The number of nitrogens with zero attached hydrogens (tertiary/aromatic N) is 2. The summed E-state index contributed by atoms with van der Waals surface area (Å²) in [5.41, 5.74) is 16.5. The largest absolute Gasteiger partial charge is 0.454 e. The van der Waals surface area contributed by atoms with Gasteiger partial charge in [0.05, 0.1) is 11.6 Å². The van der Waals surface area contributed by atoms with E-state index in [1.165, 1.54) is 55.6 Å². The van der Waals surface area contributed by atoms with E-state index in [2.05, 4.69) is 216 Å². The summed E-state index contributed by atoms with van der Waals surface area (Å²) in [5.74, 6) is 0. The van der Waals surface area contributed by atoms with E-state index in [0.29, 0.717) is 0 Å². The van der Waals surface area contributed by atoms with E-state index in [9.17, 15) is 0 Å². The Labute approximate surface area is 331 Å². The van der Waals surface area contributed by atoms with Crippen molar-refractivity contribution in [3.63, 3.8) is 0 Å². The number of furan rings is 1. The van der Waals surface area contributed by atoms with E-state index in [4.69, 9.17) is 4.42 Å². The predicted octanol–water partition coefficient (Wildman–Crippen LogP) is 14.1. The molecule has 0 bridgehead atoms. The Balaban J connectivity index is 1.14. The summed E-state index contributed by atoms with van der Waals surface area (Å²) in [6, 6.07) is 74.8. The zero-order valence-corrected chi connectivity index (χ0v) is 31.1. The zero-order chi connectivity index (χ0) is 37.8. The molecule has 1 unspecified atom stereocenters. The Morgan fingerprint density at radius 2 is 0.947 bits per heavy atom. The Morgan fingerprint density at radius 1 is 0.386 bits per heavy atom. The molecule has 11 rings (SSSR count). The Morgan fingerprint density at radius 3 is 1.61 bits per heavy atom. The van der Waals surface area contributed by atoms with Gasteiger partial charge < -0.3 is 9.32 Å². The van der Waals surface area contributed by atoms with Crippen LogP contribution in [0.5, 0.6) is 0 Å². The second-order valence-corrected chi connectivity index (χ2v) is 14.7. The SMILES string of the molecule is c1ccc(-c2ccc(N(c3ccc(-c4ccccc4)cc3)c3ccc4c(c3)C(c3ccccc3)(c3ccc5oc6cnccc6c5c3)c3ccccc3-4)cc2)cc1. The first-order chi connectivity index (χ1) is 28.3. The molecule has 0 amide bonds. The second kappa shape index (κ2) is 13.4. The Kier molecular flexibility index (Phi) is 7.71. The molecular formula is C54H36N2O. The van der Waals surface area contributed by atoms with E-state index >= 15 is 0 Å². The van der Waals surface area contributed by atoms with Gasteiger partial charge in [0, 0.05) is 34.0 Å². The van der Waals surface area contributed by atoms with Gasteiger partial charge in [-0.25, -0.2) is 0 Å². The van der Waals surface area contributed by atoms with Crippen molar-refractivity contribution in [1.29, 1.82) is 0 Å². The fraction of sp³-hybridized carbons (Fsp3) is 0.0185. The lowest BCUT2D eigenvalue weighted by Crippen LogP contribution is -2.28. The zero-order valence-electron chi connectivity index (χ0n) is 31.1. The molecule has 0 saturated heterocycles. The Hall–Kier alpha value is -7.49. The number of aromatic nitrogens is 1. The molecule has 2 aromatic heterocycles. The molecule has 1 atom stereocenters. The third kappa shape index (κ3) is 5.32. The third-order valence-electron chi connectivity index (χ3n) is 11.7. The molecule has 0 spiro atoms. The topological polar surface area (TPSA) is 29.3 Å². The molecule has 1 aliphatic carbocycles. The first-order valence-electron chi connectivity index (χ1n) is 19.4. The molecule has 0 fully saturated rings. The molecule has 3 heteroatoms. The lowest BCUT2D eigenvalue weighted by atomic mass is 9.67. The average Bonchev–Trinajstić information content (AvgIpc) is 3.81. The molecule has 10 aromatic rings. The predicted molar refractivity (Wildman–Crippen MR) is 234 cm³/mol. The van der Waals surface area contributed by atoms with Gasteiger partial charge in [-0.2, -0.15) is 0 Å². The van der Waals surface area contributed by atoms with Crippen LogP contribution in [0.1, 0.15) is 22.3 Å². The van der Waals surface area contributed by atoms with Gasteiger partial charge in [0.15, 0.2) is 5.58 Å². The molecule has 2 heterocycles. The van der Waals surface area contributed by atoms with Gasteiger partial charge in [0.2, 0.25) is 0 Å². The van der Waals surface area contributed by atoms with Gasteiger partial charge in [-0.3, -0.25) is 4.98 Å². The van der Waals surface area contributed by atoms with Crippen LogP contribution in [0.15, 0.2) is 223 Å². The van der Waals surface area contributed by atoms with E-state index in [-0.39, 0.29) is 0 Å². The van der Waals surface area contributed by atoms with Gasteiger partial charge in [-0.05, 0) is 110 Å². The summed E-state index contributed by atoms with van der Waals surface area (Å²) in [6.07, 6.45) is 3.65. The Bertz CT molecular complexity index is 2960. The molecule has 3 nitrogen and oxygen atoms in total. The van der Waals surface area contributed by atoms with Crippen molar-refractivity contribution in [2.24, 2.45) is 0 Å². The molecule has 57 heavy (non-hydrogen) atoms. The summed E-state index contributed by atoms with van der Waals surface area (Å²) in [6.45, 7) is 0. The van der Waals surface area contributed by atoms with Gasteiger partial charge in [-0.1, -0.05) is 152 Å². The monoisotopic (exact) mass is 728 g/mol. The number of fused-ring (bicyclic) bond motifs is 6. The van der Waals surface area contributed by atoms with Crippen LogP contribution in [0, 0.1) is 0 Å². The molecular weight excluding hydrogens is 693 g/mol. The molecule has 0 N–H and O–H groups in total. The summed E-state index contributed by atoms with van der Waals surface area (Å²) < 4.78 is 6.30. The fourth-order valence-corrected chi connectivity index (χ4v) is 9.06. The minimum absolute atomic E-state index is 0.603. The highest BCUT2D eigenvalue weighted by molar-refractivity contribution is 6.05. The first-order valence-corrected chi connectivity index (χ1v) is 19.4. The summed E-state index contributed by atoms with van der Waals surface area (Å²) in [4.78, 5) is 6.74. The van der Waals surface area contributed by atoms with E-state index in [0.717, 1.165) is 39.0 Å². The van der Waals surface area contributed by atoms with E-state index in [1.54, 1.807) is 0 Å². The number of rotatable bonds is 7. The number of hydrogen-bond donors (Lipinski definition) is 0. The summed E-state index contributed by atoms with van der Waals surface area (Å²) in [7, 11) is 0. The van der Waals surface area contributed by atoms with E-state index in [1.807, 2.05) is 12.4 Å². The van der Waals surface area contributed by atoms with Gasteiger partial charge >= 0.3 is 0 Å². The molecule has 268 valence electrons. The third-order valence-corrected chi connectivity index (χ3v) is 11.7. The first kappa shape index (κ1) is 32.9. The van der Waals surface area contributed by atoms with Crippen LogP contribution in [0.3, 0.4) is 0 Å². The average molecular weight is 729 g/mol. The highest BCUT2D eigenvalue weighted by Crippen LogP contribution is 2.57. The molecule has 0 aliphatic heterocycles. The lowest BCUT2D eigenvalue weighted by Gasteiger charge is -2.35. The van der Waals surface area contributed by atoms with Crippen LogP contribution in [0.25, 0.3) is 55.3 Å². The van der Waals surface area contributed by atoms with Gasteiger partial charge in [-0.15, -0.1) is 0 Å². The standard InChI is InChI=1S/C54H36N2O/c1-4-12-37(13-5-1)39-20-25-43(26-21-39)56(44-27-22-40(23-28-44)38-14-6-2-7-15-38)45-29-30-47-46-18-10-11-19-50(46)54(51(47)35-45,41-16-8-3-9-17-41)42-24-31-52-49(34-42)48-32-33-55-36-53(48)57-52/h1-36H. The fourth-order valence-electron chi connectivity index (χ4n) is 9.06. The number of pyridine rings is 1. The highest BCUT2D eigenvalue weighted by Gasteiger charge is 2.46. The van der Waals surface area contributed by atoms with Crippen LogP contribution in [0.4, 0.5) is 17.1 Å². The number of benzene rings is 8. The second-order valence-electron chi connectivity index (χ2n) is 14.7. The normalized spacial score (nSPS) is 14.4. The summed E-state index contributed by atoms with van der Waals surface area (Å²) >= 11 is 0. The van der Waals surface area contributed by atoms with Crippen molar-refractivity contribution in [3.05, 3.63) is 241 Å². The van der Waals surface area contributed by atoms with Crippen LogP contribution < -0.4 is 4.90 Å². The minimum atomic E-state index is -0.603. The van der Waals surface area contributed by atoms with Crippen molar-refractivity contribution in [2.75, 3.05) is 4.90 Å². The van der Waals surface area contributed by atoms with Crippen LogP contribution in [-0.4, -0.2) is 4.98 Å². The van der Waals surface area contributed by atoms with Gasteiger partial charge in [0.25, 0.3) is 0 Å². The minimum Gasteiger partial charge on any atom is -0.454 e. The van der Waals surface area contributed by atoms with Crippen LogP contribution >= 0.6 is 0 Å².